The van der Waals surface area contributed by atoms with Crippen LogP contribution in [0.4, 0.5) is 18.9 Å². The van der Waals surface area contributed by atoms with Crippen LogP contribution in [0.15, 0.2) is 36.4 Å². The monoisotopic (exact) mass is 391 g/mol. The molecule has 148 valence electrons. The van der Waals surface area contributed by atoms with Crippen LogP contribution in [0.5, 0.6) is 11.5 Å². The molecule has 0 fully saturated rings. The number of rotatable bonds is 7. The van der Waals surface area contributed by atoms with Crippen molar-refractivity contribution in [3.63, 3.8) is 0 Å². The van der Waals surface area contributed by atoms with Gasteiger partial charge in [-0.15, -0.1) is 0 Å². The van der Waals surface area contributed by atoms with E-state index < -0.39 is 17.5 Å². The standard InChI is InChI=1S/C20H20F3N3O2/c1-12-9-13(2)26(25-12)7-8-27-19-6-5-17(22)20(23)15(19)11-28-14-3-4-16(21)18(24)10-14/h3-6,9-10H,7-8,11,24H2,1-2H3. The summed E-state index contributed by atoms with van der Waals surface area (Å²) in [6.45, 7) is 4.17. The third-order valence-corrected chi connectivity index (χ3v) is 4.17. The summed E-state index contributed by atoms with van der Waals surface area (Å²) in [4.78, 5) is 0. The van der Waals surface area contributed by atoms with Gasteiger partial charge in [-0.2, -0.15) is 5.10 Å². The van der Waals surface area contributed by atoms with Crippen molar-refractivity contribution in [3.8, 4) is 11.5 Å². The maximum Gasteiger partial charge on any atom is 0.169 e. The quantitative estimate of drug-likeness (QED) is 0.615. The molecule has 0 amide bonds. The Kier molecular flexibility index (Phi) is 5.77. The van der Waals surface area contributed by atoms with Gasteiger partial charge in [-0.05, 0) is 44.2 Å². The molecule has 28 heavy (non-hydrogen) atoms. The SMILES string of the molecule is Cc1cc(C)n(CCOc2ccc(F)c(F)c2COc2ccc(F)c(N)c2)n1. The van der Waals surface area contributed by atoms with E-state index in [9.17, 15) is 13.2 Å². The van der Waals surface area contributed by atoms with E-state index in [1.807, 2.05) is 19.9 Å². The third kappa shape index (κ3) is 4.39. The number of ether oxygens (including phenoxy) is 2. The van der Waals surface area contributed by atoms with Crippen LogP contribution in [0.1, 0.15) is 17.0 Å². The number of halogens is 3. The van der Waals surface area contributed by atoms with Crippen LogP contribution >= 0.6 is 0 Å². The fraction of sp³-hybridized carbons (Fsp3) is 0.250. The minimum Gasteiger partial charge on any atom is -0.491 e. The molecule has 0 saturated carbocycles. The molecule has 2 N–H and O–H groups in total. The van der Waals surface area contributed by atoms with Crippen molar-refractivity contribution in [3.05, 3.63) is 70.8 Å². The van der Waals surface area contributed by atoms with Gasteiger partial charge < -0.3 is 15.2 Å². The lowest BCUT2D eigenvalue weighted by Crippen LogP contribution is -2.13. The number of aryl methyl sites for hydroxylation is 2. The van der Waals surface area contributed by atoms with Crippen LogP contribution < -0.4 is 15.2 Å². The molecule has 1 aromatic heterocycles. The molecular weight excluding hydrogens is 371 g/mol. The second-order valence-electron chi connectivity index (χ2n) is 6.31. The molecule has 0 unspecified atom stereocenters. The summed E-state index contributed by atoms with van der Waals surface area (Å²) < 4.78 is 54.1. The molecule has 3 aromatic rings. The van der Waals surface area contributed by atoms with E-state index in [1.54, 1.807) is 4.68 Å². The van der Waals surface area contributed by atoms with E-state index in [0.717, 1.165) is 23.5 Å². The average Bonchev–Trinajstić information content (AvgIpc) is 2.97. The van der Waals surface area contributed by atoms with Crippen molar-refractivity contribution < 1.29 is 22.6 Å². The number of hydrogen-bond acceptors (Lipinski definition) is 4. The first-order chi connectivity index (χ1) is 13.3. The number of hydrogen-bond donors (Lipinski definition) is 1. The first-order valence-electron chi connectivity index (χ1n) is 8.63. The molecule has 0 aliphatic rings. The minimum atomic E-state index is -1.06. The zero-order chi connectivity index (χ0) is 20.3. The van der Waals surface area contributed by atoms with Crippen LogP contribution in [-0.4, -0.2) is 16.4 Å². The normalized spacial score (nSPS) is 10.9. The van der Waals surface area contributed by atoms with Gasteiger partial charge in [-0.3, -0.25) is 4.68 Å². The zero-order valence-electron chi connectivity index (χ0n) is 15.5. The summed E-state index contributed by atoms with van der Waals surface area (Å²) >= 11 is 0. The van der Waals surface area contributed by atoms with Gasteiger partial charge in [-0.25, -0.2) is 13.2 Å². The van der Waals surface area contributed by atoms with Crippen molar-refractivity contribution in [2.75, 3.05) is 12.3 Å². The highest BCUT2D eigenvalue weighted by Gasteiger charge is 2.16. The van der Waals surface area contributed by atoms with Crippen LogP contribution in [0, 0.1) is 31.3 Å². The maximum absolute atomic E-state index is 14.3. The maximum atomic E-state index is 14.3. The van der Waals surface area contributed by atoms with Crippen molar-refractivity contribution in [2.24, 2.45) is 0 Å². The second kappa shape index (κ2) is 8.24. The summed E-state index contributed by atoms with van der Waals surface area (Å²) in [5.41, 5.74) is 7.18. The number of nitrogens with two attached hydrogens (primary N) is 1. The summed E-state index contributed by atoms with van der Waals surface area (Å²) in [5.74, 6) is -2.26. The van der Waals surface area contributed by atoms with Crippen LogP contribution in [0.2, 0.25) is 0 Å². The van der Waals surface area contributed by atoms with Crippen molar-refractivity contribution in [1.82, 2.24) is 9.78 Å². The molecule has 3 rings (SSSR count). The highest BCUT2D eigenvalue weighted by Crippen LogP contribution is 2.27. The fourth-order valence-corrected chi connectivity index (χ4v) is 2.76. The van der Waals surface area contributed by atoms with Crippen molar-refractivity contribution >= 4 is 5.69 Å². The summed E-state index contributed by atoms with van der Waals surface area (Å²) in [6.07, 6.45) is 0. The Labute approximate surface area is 160 Å². The van der Waals surface area contributed by atoms with Crippen LogP contribution in [0.25, 0.3) is 0 Å². The topological polar surface area (TPSA) is 62.3 Å². The van der Waals surface area contributed by atoms with E-state index in [2.05, 4.69) is 5.10 Å². The van der Waals surface area contributed by atoms with E-state index in [0.29, 0.717) is 6.54 Å². The Morgan fingerprint density at radius 3 is 2.43 bits per heavy atom. The van der Waals surface area contributed by atoms with E-state index in [4.69, 9.17) is 15.2 Å². The summed E-state index contributed by atoms with van der Waals surface area (Å²) in [6, 6.07) is 8.04. The third-order valence-electron chi connectivity index (χ3n) is 4.17. The molecule has 0 aliphatic heterocycles. The van der Waals surface area contributed by atoms with Gasteiger partial charge in [0.05, 0.1) is 23.5 Å². The molecule has 0 atom stereocenters. The van der Waals surface area contributed by atoms with Gasteiger partial charge in [0.1, 0.15) is 30.5 Å². The molecule has 0 radical (unpaired) electrons. The highest BCUT2D eigenvalue weighted by molar-refractivity contribution is 5.45. The Morgan fingerprint density at radius 2 is 1.75 bits per heavy atom. The van der Waals surface area contributed by atoms with Crippen LogP contribution in [0.3, 0.4) is 0 Å². The van der Waals surface area contributed by atoms with Crippen molar-refractivity contribution in [2.45, 2.75) is 27.0 Å². The number of nitrogens with zero attached hydrogens (tertiary/aromatic N) is 2. The minimum absolute atomic E-state index is 0.0729. The van der Waals surface area contributed by atoms with Gasteiger partial charge in [0.25, 0.3) is 0 Å². The Balaban J connectivity index is 1.71. The molecule has 8 heteroatoms. The van der Waals surface area contributed by atoms with Gasteiger partial charge in [-0.1, -0.05) is 0 Å². The molecule has 0 spiro atoms. The van der Waals surface area contributed by atoms with E-state index in [-0.39, 0.29) is 36.0 Å². The van der Waals surface area contributed by atoms with Gasteiger partial charge in [0, 0.05) is 11.8 Å². The van der Waals surface area contributed by atoms with Gasteiger partial charge >= 0.3 is 0 Å². The lowest BCUT2D eigenvalue weighted by Gasteiger charge is -2.14. The predicted octanol–water partition coefficient (Wildman–Crippen LogP) is 4.16. The average molecular weight is 391 g/mol. The number of anilines is 1. The van der Waals surface area contributed by atoms with Crippen molar-refractivity contribution in [1.29, 1.82) is 0 Å². The zero-order valence-corrected chi connectivity index (χ0v) is 15.5. The van der Waals surface area contributed by atoms with Crippen LogP contribution in [-0.2, 0) is 13.2 Å². The van der Waals surface area contributed by atoms with E-state index in [1.165, 1.54) is 18.2 Å². The number of nitrogen functional groups attached to an aromatic ring is 1. The Morgan fingerprint density at radius 1 is 1.00 bits per heavy atom. The first-order valence-corrected chi connectivity index (χ1v) is 8.63. The van der Waals surface area contributed by atoms with Gasteiger partial charge in [0.15, 0.2) is 11.6 Å². The molecule has 1 heterocycles. The molecule has 0 saturated heterocycles. The fourth-order valence-electron chi connectivity index (χ4n) is 2.76. The molecule has 0 aliphatic carbocycles. The lowest BCUT2D eigenvalue weighted by atomic mass is 10.2. The predicted molar refractivity (Wildman–Crippen MR) is 98.7 cm³/mol. The van der Waals surface area contributed by atoms with E-state index >= 15 is 0 Å². The summed E-state index contributed by atoms with van der Waals surface area (Å²) in [7, 11) is 0. The number of benzene rings is 2. The highest BCUT2D eigenvalue weighted by atomic mass is 19.2. The molecular formula is C20H20F3N3O2. The molecule has 2 aromatic carbocycles. The van der Waals surface area contributed by atoms with Gasteiger partial charge in [0.2, 0.25) is 0 Å². The Bertz CT molecular complexity index is 989. The summed E-state index contributed by atoms with van der Waals surface area (Å²) in [5, 5.41) is 4.32. The molecule has 5 nitrogen and oxygen atoms in total. The smallest absolute Gasteiger partial charge is 0.169 e. The second-order valence-corrected chi connectivity index (χ2v) is 6.31. The number of aromatic nitrogens is 2. The Hall–Kier alpha value is -3.16. The molecule has 0 bridgehead atoms. The lowest BCUT2D eigenvalue weighted by molar-refractivity contribution is 0.259. The largest absolute Gasteiger partial charge is 0.491 e. The first kappa shape index (κ1) is 19.6.